The van der Waals surface area contributed by atoms with Gasteiger partial charge in [-0.1, -0.05) is 30.3 Å². The molecule has 2 heterocycles. The van der Waals surface area contributed by atoms with Crippen LogP contribution in [0.1, 0.15) is 12.5 Å². The maximum Gasteiger partial charge on any atom is 0.137 e. The van der Waals surface area contributed by atoms with Crippen molar-refractivity contribution in [1.82, 2.24) is 0 Å². The van der Waals surface area contributed by atoms with Crippen LogP contribution in [-0.2, 0) is 0 Å². The lowest BCUT2D eigenvalue weighted by Crippen LogP contribution is -2.35. The van der Waals surface area contributed by atoms with Crippen molar-refractivity contribution in [2.24, 2.45) is 0 Å². The Bertz CT molecular complexity index is 1110. The van der Waals surface area contributed by atoms with Gasteiger partial charge in [0.05, 0.1) is 11.4 Å². The topological polar surface area (TPSA) is 19.6 Å². The van der Waals surface area contributed by atoms with Crippen LogP contribution in [0, 0.1) is 6.92 Å². The number of furan rings is 1. The highest BCUT2D eigenvalue weighted by Crippen LogP contribution is 2.45. The SMILES string of the molecule is Cc1cc2c(cc1N1c3ccccc3N(C)[C@@H]1C)oc1ccccc12. The molecule has 0 spiro atoms. The molecule has 3 heteroatoms. The van der Waals surface area contributed by atoms with Crippen LogP contribution in [-0.4, -0.2) is 13.2 Å². The third-order valence-corrected chi connectivity index (χ3v) is 5.41. The van der Waals surface area contributed by atoms with Crippen molar-refractivity contribution in [3.05, 3.63) is 66.2 Å². The number of para-hydroxylation sites is 3. The Labute approximate surface area is 147 Å². The van der Waals surface area contributed by atoms with Gasteiger partial charge in [0.1, 0.15) is 17.3 Å². The molecule has 0 saturated heterocycles. The molecule has 4 aromatic rings. The summed E-state index contributed by atoms with van der Waals surface area (Å²) in [5.41, 5.74) is 6.86. The minimum atomic E-state index is 0.262. The van der Waals surface area contributed by atoms with Gasteiger partial charge in [-0.2, -0.15) is 0 Å². The van der Waals surface area contributed by atoms with Gasteiger partial charge >= 0.3 is 0 Å². The van der Waals surface area contributed by atoms with Crippen LogP contribution in [0.5, 0.6) is 0 Å². The highest BCUT2D eigenvalue weighted by molar-refractivity contribution is 6.06. The third kappa shape index (κ3) is 1.92. The molecule has 5 rings (SSSR count). The number of fused-ring (bicyclic) bond motifs is 4. The zero-order valence-corrected chi connectivity index (χ0v) is 14.7. The van der Waals surface area contributed by atoms with E-state index in [9.17, 15) is 0 Å². The van der Waals surface area contributed by atoms with Gasteiger partial charge in [-0.3, -0.25) is 0 Å². The highest BCUT2D eigenvalue weighted by atomic mass is 16.3. The summed E-state index contributed by atoms with van der Waals surface area (Å²) in [4.78, 5) is 4.72. The Kier molecular flexibility index (Phi) is 2.90. The first-order valence-corrected chi connectivity index (χ1v) is 8.68. The molecule has 0 unspecified atom stereocenters. The van der Waals surface area contributed by atoms with Gasteiger partial charge in [-0.05, 0) is 43.7 Å². The zero-order valence-electron chi connectivity index (χ0n) is 14.7. The van der Waals surface area contributed by atoms with Crippen molar-refractivity contribution in [2.45, 2.75) is 20.0 Å². The van der Waals surface area contributed by atoms with E-state index in [1.165, 1.54) is 33.4 Å². The Morgan fingerprint density at radius 2 is 1.52 bits per heavy atom. The Hall–Kier alpha value is -2.94. The van der Waals surface area contributed by atoms with E-state index in [0.29, 0.717) is 0 Å². The zero-order chi connectivity index (χ0) is 17.1. The first-order chi connectivity index (χ1) is 12.1. The van der Waals surface area contributed by atoms with Gasteiger partial charge in [0.2, 0.25) is 0 Å². The lowest BCUT2D eigenvalue weighted by Gasteiger charge is -2.29. The molecule has 0 aliphatic carbocycles. The molecule has 1 atom stereocenters. The van der Waals surface area contributed by atoms with E-state index < -0.39 is 0 Å². The van der Waals surface area contributed by atoms with E-state index in [-0.39, 0.29) is 6.17 Å². The fraction of sp³-hybridized carbons (Fsp3) is 0.182. The number of hydrogen-bond acceptors (Lipinski definition) is 3. The van der Waals surface area contributed by atoms with Crippen LogP contribution in [0.25, 0.3) is 21.9 Å². The first kappa shape index (κ1) is 14.4. The maximum atomic E-state index is 6.12. The average molecular weight is 328 g/mol. The number of aryl methyl sites for hydroxylation is 1. The van der Waals surface area contributed by atoms with Crippen LogP contribution >= 0.6 is 0 Å². The molecule has 0 fully saturated rings. The van der Waals surface area contributed by atoms with Crippen molar-refractivity contribution >= 4 is 39.0 Å². The molecular weight excluding hydrogens is 308 g/mol. The van der Waals surface area contributed by atoms with Gasteiger partial charge in [0.25, 0.3) is 0 Å². The van der Waals surface area contributed by atoms with Crippen LogP contribution in [0.15, 0.2) is 65.1 Å². The van der Waals surface area contributed by atoms with E-state index in [4.69, 9.17) is 4.42 Å². The minimum Gasteiger partial charge on any atom is -0.456 e. The van der Waals surface area contributed by atoms with Crippen molar-refractivity contribution in [2.75, 3.05) is 16.8 Å². The summed E-state index contributed by atoms with van der Waals surface area (Å²) >= 11 is 0. The lowest BCUT2D eigenvalue weighted by molar-refractivity contribution is 0.668. The standard InChI is InChI=1S/C22H20N2O/c1-14-12-17-16-8-4-7-11-21(16)25-22(17)13-20(14)24-15(2)23(3)18-9-5-6-10-19(18)24/h4-13,15H,1-3H3/t15-/m0/s1. The van der Waals surface area contributed by atoms with Crippen molar-refractivity contribution in [3.8, 4) is 0 Å². The summed E-state index contributed by atoms with van der Waals surface area (Å²) in [5, 5.41) is 2.37. The smallest absolute Gasteiger partial charge is 0.137 e. The van der Waals surface area contributed by atoms with Crippen LogP contribution < -0.4 is 9.80 Å². The largest absolute Gasteiger partial charge is 0.456 e. The minimum absolute atomic E-state index is 0.262. The third-order valence-electron chi connectivity index (χ3n) is 5.41. The molecular formula is C22H20N2O. The predicted molar refractivity (Wildman–Crippen MR) is 105 cm³/mol. The van der Waals surface area contributed by atoms with Crippen LogP contribution in [0.3, 0.4) is 0 Å². The van der Waals surface area contributed by atoms with Gasteiger partial charge in [-0.15, -0.1) is 0 Å². The second kappa shape index (κ2) is 5.03. The fourth-order valence-corrected chi connectivity index (χ4v) is 4.00. The normalized spacial score (nSPS) is 16.8. The second-order valence-corrected chi connectivity index (χ2v) is 6.83. The summed E-state index contributed by atoms with van der Waals surface area (Å²) in [7, 11) is 2.15. The molecule has 1 aliphatic heterocycles. The molecule has 0 bridgehead atoms. The quantitative estimate of drug-likeness (QED) is 0.438. The molecule has 0 radical (unpaired) electrons. The lowest BCUT2D eigenvalue weighted by atomic mass is 10.1. The molecule has 0 N–H and O–H groups in total. The summed E-state index contributed by atoms with van der Waals surface area (Å²) < 4.78 is 6.12. The molecule has 0 amide bonds. The van der Waals surface area contributed by atoms with Gasteiger partial charge in [-0.25, -0.2) is 0 Å². The Morgan fingerprint density at radius 3 is 2.36 bits per heavy atom. The fourth-order valence-electron chi connectivity index (χ4n) is 4.00. The van der Waals surface area contributed by atoms with E-state index >= 15 is 0 Å². The molecule has 25 heavy (non-hydrogen) atoms. The molecule has 1 aliphatic rings. The number of anilines is 3. The monoisotopic (exact) mass is 328 g/mol. The van der Waals surface area contributed by atoms with Crippen LogP contribution in [0.2, 0.25) is 0 Å². The van der Waals surface area contributed by atoms with E-state index in [2.05, 4.69) is 79.2 Å². The highest BCUT2D eigenvalue weighted by Gasteiger charge is 2.32. The maximum absolute atomic E-state index is 6.12. The molecule has 124 valence electrons. The summed E-state index contributed by atoms with van der Waals surface area (Å²) in [5.74, 6) is 0. The average Bonchev–Trinajstić information content (AvgIpc) is 3.10. The molecule has 3 aromatic carbocycles. The van der Waals surface area contributed by atoms with Gasteiger partial charge in [0, 0.05) is 29.6 Å². The second-order valence-electron chi connectivity index (χ2n) is 6.83. The van der Waals surface area contributed by atoms with Gasteiger partial charge < -0.3 is 14.2 Å². The number of benzene rings is 3. The molecule has 0 saturated carbocycles. The van der Waals surface area contributed by atoms with Gasteiger partial charge in [0.15, 0.2) is 0 Å². The van der Waals surface area contributed by atoms with E-state index in [1.807, 2.05) is 12.1 Å². The number of rotatable bonds is 1. The van der Waals surface area contributed by atoms with E-state index in [1.54, 1.807) is 0 Å². The first-order valence-electron chi connectivity index (χ1n) is 8.68. The predicted octanol–water partition coefficient (Wildman–Crippen LogP) is 5.83. The summed E-state index contributed by atoms with van der Waals surface area (Å²) in [6.07, 6.45) is 0.262. The van der Waals surface area contributed by atoms with Crippen molar-refractivity contribution in [3.63, 3.8) is 0 Å². The van der Waals surface area contributed by atoms with E-state index in [0.717, 1.165) is 11.2 Å². The summed E-state index contributed by atoms with van der Waals surface area (Å²) in [6.45, 7) is 4.42. The van der Waals surface area contributed by atoms with Crippen LogP contribution in [0.4, 0.5) is 17.1 Å². The summed E-state index contributed by atoms with van der Waals surface area (Å²) in [6, 6.07) is 21.3. The Morgan fingerprint density at radius 1 is 0.800 bits per heavy atom. The Balaban J connectivity index is 1.76. The number of nitrogens with zero attached hydrogens (tertiary/aromatic N) is 2. The van der Waals surface area contributed by atoms with Crippen molar-refractivity contribution in [1.29, 1.82) is 0 Å². The molecule has 3 nitrogen and oxygen atoms in total. The number of hydrogen-bond donors (Lipinski definition) is 0. The van der Waals surface area contributed by atoms with Crippen molar-refractivity contribution < 1.29 is 4.42 Å². The molecule has 1 aromatic heterocycles.